The van der Waals surface area contributed by atoms with Crippen molar-refractivity contribution in [2.75, 3.05) is 13.7 Å². The fraction of sp³-hybridized carbons (Fsp3) is 0.591. The number of benzene rings is 1. The van der Waals surface area contributed by atoms with Gasteiger partial charge in [-0.1, -0.05) is 6.92 Å². The summed E-state index contributed by atoms with van der Waals surface area (Å²) < 4.78 is 11.4. The van der Waals surface area contributed by atoms with Gasteiger partial charge in [0, 0.05) is 37.4 Å². The third kappa shape index (κ3) is 4.37. The minimum absolute atomic E-state index is 0.127. The van der Waals surface area contributed by atoms with Crippen molar-refractivity contribution in [2.24, 2.45) is 0 Å². The van der Waals surface area contributed by atoms with Crippen molar-refractivity contribution in [3.8, 4) is 11.5 Å². The number of likely N-dealkylation sites (tertiary alicyclic amines) is 1. The highest BCUT2D eigenvalue weighted by Crippen LogP contribution is 2.36. The number of fused-ring (bicyclic) bond motifs is 1. The molecule has 1 aromatic rings. The molecule has 3 rings (SSSR count). The summed E-state index contributed by atoms with van der Waals surface area (Å²) in [5.74, 6) is 0.478. The van der Waals surface area contributed by atoms with Crippen LogP contribution in [0.5, 0.6) is 11.5 Å². The molecule has 164 valence electrons. The number of hydrogen-bond donors (Lipinski definition) is 2. The minimum Gasteiger partial charge on any atom is -0.497 e. The van der Waals surface area contributed by atoms with Crippen molar-refractivity contribution < 1.29 is 23.9 Å². The highest BCUT2D eigenvalue weighted by molar-refractivity contribution is 5.98. The molecule has 8 heteroatoms. The van der Waals surface area contributed by atoms with Gasteiger partial charge in [0.1, 0.15) is 17.5 Å². The first-order valence-corrected chi connectivity index (χ1v) is 10.4. The monoisotopic (exact) mass is 417 g/mol. The van der Waals surface area contributed by atoms with Crippen LogP contribution in [-0.2, 0) is 9.59 Å². The van der Waals surface area contributed by atoms with Crippen LogP contribution in [-0.4, -0.2) is 53.6 Å². The van der Waals surface area contributed by atoms with Gasteiger partial charge in [-0.25, -0.2) is 0 Å². The summed E-state index contributed by atoms with van der Waals surface area (Å²) in [4.78, 5) is 39.8. The fourth-order valence-corrected chi connectivity index (χ4v) is 3.72. The Kier molecular flexibility index (Phi) is 5.97. The molecule has 2 unspecified atom stereocenters. The van der Waals surface area contributed by atoms with Crippen LogP contribution in [0.3, 0.4) is 0 Å². The average Bonchev–Trinajstić information content (AvgIpc) is 2.86. The van der Waals surface area contributed by atoms with E-state index in [4.69, 9.17) is 9.47 Å². The molecule has 2 atom stereocenters. The molecule has 0 bridgehead atoms. The second-order valence-corrected chi connectivity index (χ2v) is 8.65. The van der Waals surface area contributed by atoms with Gasteiger partial charge >= 0.3 is 0 Å². The predicted molar refractivity (Wildman–Crippen MR) is 111 cm³/mol. The van der Waals surface area contributed by atoms with Crippen LogP contribution in [0.15, 0.2) is 18.2 Å². The lowest BCUT2D eigenvalue weighted by Gasteiger charge is -2.38. The SMILES string of the molecule is CCC(C)(C)NC(=O)C(C)N1CCC2(CCC1=O)NC(=O)c1ccc(OC)cc1O2. The molecule has 30 heavy (non-hydrogen) atoms. The van der Waals surface area contributed by atoms with E-state index in [9.17, 15) is 14.4 Å². The molecule has 2 aliphatic heterocycles. The Morgan fingerprint density at radius 1 is 1.37 bits per heavy atom. The molecule has 1 saturated heterocycles. The second kappa shape index (κ2) is 8.16. The molecule has 1 spiro atoms. The van der Waals surface area contributed by atoms with Crippen molar-refractivity contribution in [1.82, 2.24) is 15.5 Å². The van der Waals surface area contributed by atoms with Crippen LogP contribution < -0.4 is 20.1 Å². The van der Waals surface area contributed by atoms with Gasteiger partial charge in [0.2, 0.25) is 11.8 Å². The first-order valence-electron chi connectivity index (χ1n) is 10.4. The highest BCUT2D eigenvalue weighted by atomic mass is 16.5. The van der Waals surface area contributed by atoms with E-state index in [2.05, 4.69) is 10.6 Å². The topological polar surface area (TPSA) is 97.0 Å². The number of amides is 3. The molecule has 2 heterocycles. The molecule has 1 aromatic carbocycles. The van der Waals surface area contributed by atoms with E-state index in [0.717, 1.165) is 6.42 Å². The van der Waals surface area contributed by atoms with E-state index in [-0.39, 0.29) is 29.7 Å². The van der Waals surface area contributed by atoms with Gasteiger partial charge in [-0.2, -0.15) is 0 Å². The van der Waals surface area contributed by atoms with Crippen molar-refractivity contribution in [3.63, 3.8) is 0 Å². The second-order valence-electron chi connectivity index (χ2n) is 8.65. The maximum Gasteiger partial charge on any atom is 0.258 e. The van der Waals surface area contributed by atoms with Crippen LogP contribution >= 0.6 is 0 Å². The van der Waals surface area contributed by atoms with Gasteiger partial charge in [0.05, 0.1) is 12.7 Å². The van der Waals surface area contributed by atoms with Crippen LogP contribution in [0, 0.1) is 0 Å². The van der Waals surface area contributed by atoms with E-state index in [1.54, 1.807) is 37.1 Å². The van der Waals surface area contributed by atoms with Crippen molar-refractivity contribution in [1.29, 1.82) is 0 Å². The van der Waals surface area contributed by atoms with Crippen molar-refractivity contribution in [2.45, 2.75) is 70.7 Å². The quantitative estimate of drug-likeness (QED) is 0.766. The predicted octanol–water partition coefficient (Wildman–Crippen LogP) is 2.22. The summed E-state index contributed by atoms with van der Waals surface area (Å²) in [7, 11) is 1.55. The zero-order valence-electron chi connectivity index (χ0n) is 18.3. The molecule has 0 aliphatic carbocycles. The number of carbonyl (C=O) groups excluding carboxylic acids is 3. The van der Waals surface area contributed by atoms with Gasteiger partial charge in [0.25, 0.3) is 5.91 Å². The van der Waals surface area contributed by atoms with Crippen LogP contribution in [0.4, 0.5) is 0 Å². The van der Waals surface area contributed by atoms with Crippen LogP contribution in [0.2, 0.25) is 0 Å². The number of ether oxygens (including phenoxy) is 2. The molecule has 3 amide bonds. The van der Waals surface area contributed by atoms with E-state index in [1.165, 1.54) is 0 Å². The Bertz CT molecular complexity index is 853. The van der Waals surface area contributed by atoms with Gasteiger partial charge in [-0.3, -0.25) is 14.4 Å². The number of hydrogen-bond acceptors (Lipinski definition) is 5. The van der Waals surface area contributed by atoms with Gasteiger partial charge < -0.3 is 25.0 Å². The summed E-state index contributed by atoms with van der Waals surface area (Å²) in [6.45, 7) is 7.95. The van der Waals surface area contributed by atoms with Crippen LogP contribution in [0.1, 0.15) is 63.7 Å². The molecule has 0 radical (unpaired) electrons. The third-order valence-corrected chi connectivity index (χ3v) is 6.09. The largest absolute Gasteiger partial charge is 0.497 e. The number of methoxy groups -OCH3 is 1. The highest BCUT2D eigenvalue weighted by Gasteiger charge is 2.44. The summed E-state index contributed by atoms with van der Waals surface area (Å²) in [6.07, 6.45) is 1.68. The normalized spacial score (nSPS) is 22.5. The van der Waals surface area contributed by atoms with E-state index in [1.807, 2.05) is 20.8 Å². The van der Waals surface area contributed by atoms with E-state index < -0.39 is 11.8 Å². The van der Waals surface area contributed by atoms with E-state index in [0.29, 0.717) is 36.4 Å². The van der Waals surface area contributed by atoms with Gasteiger partial charge in [-0.05, 0) is 39.3 Å². The summed E-state index contributed by atoms with van der Waals surface area (Å²) in [5, 5.41) is 5.94. The maximum absolute atomic E-state index is 12.8. The lowest BCUT2D eigenvalue weighted by Crippen LogP contribution is -2.57. The Morgan fingerprint density at radius 2 is 2.10 bits per heavy atom. The van der Waals surface area contributed by atoms with Crippen LogP contribution in [0.25, 0.3) is 0 Å². The number of rotatable bonds is 5. The number of nitrogens with one attached hydrogen (secondary N) is 2. The maximum atomic E-state index is 12.8. The minimum atomic E-state index is -0.986. The molecular weight excluding hydrogens is 386 g/mol. The smallest absolute Gasteiger partial charge is 0.258 e. The standard InChI is InChI=1S/C22H31N3O5/c1-6-21(3,4)23-19(27)14(2)25-12-11-22(10-9-18(25)26)24-20(28)16-8-7-15(29-5)13-17(16)30-22/h7-8,13-14H,6,9-12H2,1-5H3,(H,23,27)(H,24,28). The Morgan fingerprint density at radius 3 is 2.77 bits per heavy atom. The zero-order chi connectivity index (χ0) is 22.1. The zero-order valence-corrected chi connectivity index (χ0v) is 18.3. The molecule has 1 fully saturated rings. The van der Waals surface area contributed by atoms with Gasteiger partial charge in [0.15, 0.2) is 5.72 Å². The Balaban J connectivity index is 1.77. The van der Waals surface area contributed by atoms with Crippen molar-refractivity contribution >= 4 is 17.7 Å². The molecule has 2 aliphatic rings. The summed E-state index contributed by atoms with van der Waals surface area (Å²) >= 11 is 0. The molecular formula is C22H31N3O5. The molecule has 0 saturated carbocycles. The molecule has 0 aromatic heterocycles. The van der Waals surface area contributed by atoms with Gasteiger partial charge in [-0.15, -0.1) is 0 Å². The first-order chi connectivity index (χ1) is 14.1. The first kappa shape index (κ1) is 21.9. The fourth-order valence-electron chi connectivity index (χ4n) is 3.72. The lowest BCUT2D eigenvalue weighted by molar-refractivity contribution is -0.140. The summed E-state index contributed by atoms with van der Waals surface area (Å²) in [6, 6.07) is 4.44. The average molecular weight is 418 g/mol. The third-order valence-electron chi connectivity index (χ3n) is 6.09. The summed E-state index contributed by atoms with van der Waals surface area (Å²) in [5.41, 5.74) is -0.895. The van der Waals surface area contributed by atoms with Crippen molar-refractivity contribution in [3.05, 3.63) is 23.8 Å². The van der Waals surface area contributed by atoms with E-state index >= 15 is 0 Å². The Hall–Kier alpha value is -2.77. The Labute approximate surface area is 177 Å². The molecule has 2 N–H and O–H groups in total. The number of carbonyl (C=O) groups is 3. The lowest BCUT2D eigenvalue weighted by atomic mass is 10.00. The molecule has 8 nitrogen and oxygen atoms in total. The number of nitrogens with zero attached hydrogens (tertiary/aromatic N) is 1.